The van der Waals surface area contributed by atoms with E-state index in [1.165, 1.54) is 29.0 Å². The minimum atomic E-state index is -0.134. The largest absolute Gasteiger partial charge is 0.397 e. The molecular weight excluding hydrogens is 234 g/mol. The Balaban J connectivity index is 2.24. The van der Waals surface area contributed by atoms with E-state index in [4.69, 9.17) is 5.73 Å². The second-order valence-corrected chi connectivity index (χ2v) is 5.22. The van der Waals surface area contributed by atoms with E-state index in [2.05, 4.69) is 16.4 Å². The molecule has 1 aliphatic carbocycles. The van der Waals surface area contributed by atoms with E-state index in [-0.39, 0.29) is 5.91 Å². The van der Waals surface area contributed by atoms with Crippen LogP contribution in [0.4, 0.5) is 5.69 Å². The zero-order valence-electron chi connectivity index (χ0n) is 9.54. The molecule has 0 fully saturated rings. The van der Waals surface area contributed by atoms with Gasteiger partial charge in [-0.25, -0.2) is 4.98 Å². The molecule has 0 spiro atoms. The summed E-state index contributed by atoms with van der Waals surface area (Å²) >= 11 is 1.37. The van der Waals surface area contributed by atoms with Crippen LogP contribution >= 0.6 is 11.3 Å². The molecule has 0 unspecified atom stereocenters. The number of nitrogens with zero attached hydrogens (tertiary/aromatic N) is 1. The van der Waals surface area contributed by atoms with E-state index in [9.17, 15) is 4.79 Å². The number of amides is 1. The van der Waals surface area contributed by atoms with Crippen LogP contribution in [0.2, 0.25) is 0 Å². The number of anilines is 1. The molecule has 2 aromatic heterocycles. The summed E-state index contributed by atoms with van der Waals surface area (Å²) in [5.41, 5.74) is 9.03. The van der Waals surface area contributed by atoms with Crippen LogP contribution in [0.3, 0.4) is 0 Å². The summed E-state index contributed by atoms with van der Waals surface area (Å²) in [5.74, 6) is -0.134. The van der Waals surface area contributed by atoms with Crippen LogP contribution in [0.1, 0.15) is 27.3 Å². The van der Waals surface area contributed by atoms with Gasteiger partial charge < -0.3 is 11.1 Å². The van der Waals surface area contributed by atoms with E-state index >= 15 is 0 Å². The van der Waals surface area contributed by atoms with E-state index in [1.807, 2.05) is 0 Å². The smallest absolute Gasteiger partial charge is 0.263 e. The number of pyridine rings is 1. The molecule has 4 nitrogen and oxygen atoms in total. The van der Waals surface area contributed by atoms with Crippen molar-refractivity contribution in [2.24, 2.45) is 0 Å². The van der Waals surface area contributed by atoms with Gasteiger partial charge in [0.1, 0.15) is 9.71 Å². The molecule has 2 aromatic rings. The molecule has 2 heterocycles. The van der Waals surface area contributed by atoms with Crippen molar-refractivity contribution in [2.75, 3.05) is 12.8 Å². The normalized spacial score (nSPS) is 13.9. The fourth-order valence-corrected chi connectivity index (χ4v) is 3.32. The Bertz CT molecular complexity index is 618. The molecule has 0 saturated heterocycles. The second-order valence-electron chi connectivity index (χ2n) is 4.22. The lowest BCUT2D eigenvalue weighted by atomic mass is 10.1. The number of carbonyl (C=O) groups excluding carboxylic acids is 1. The first-order valence-electron chi connectivity index (χ1n) is 5.63. The maximum atomic E-state index is 11.6. The van der Waals surface area contributed by atoms with Crippen molar-refractivity contribution >= 4 is 33.1 Å². The molecule has 0 saturated carbocycles. The van der Waals surface area contributed by atoms with Crippen molar-refractivity contribution in [2.45, 2.75) is 19.3 Å². The highest BCUT2D eigenvalue weighted by atomic mass is 32.1. The molecule has 3 N–H and O–H groups in total. The molecule has 1 amide bonds. The maximum absolute atomic E-state index is 11.6. The van der Waals surface area contributed by atoms with Crippen LogP contribution < -0.4 is 11.1 Å². The van der Waals surface area contributed by atoms with Gasteiger partial charge in [0.25, 0.3) is 5.91 Å². The molecular formula is C12H13N3OS. The first-order chi connectivity index (χ1) is 8.20. The molecule has 3 rings (SSSR count). The number of nitrogens with two attached hydrogens (primary N) is 1. The Morgan fingerprint density at radius 1 is 1.53 bits per heavy atom. The van der Waals surface area contributed by atoms with Crippen molar-refractivity contribution < 1.29 is 4.79 Å². The van der Waals surface area contributed by atoms with E-state index < -0.39 is 0 Å². The standard InChI is InChI=1S/C12H13N3OS/c1-14-11(16)10-9(13)7-5-6-3-2-4-8(6)15-12(7)17-10/h5H,2-4,13H2,1H3,(H,14,16). The highest BCUT2D eigenvalue weighted by molar-refractivity contribution is 7.21. The van der Waals surface area contributed by atoms with E-state index in [0.29, 0.717) is 10.6 Å². The fourth-order valence-electron chi connectivity index (χ4n) is 2.28. The number of carbonyl (C=O) groups is 1. The Morgan fingerprint density at radius 3 is 3.12 bits per heavy atom. The molecule has 1 aliphatic rings. The Kier molecular flexibility index (Phi) is 2.29. The topological polar surface area (TPSA) is 68.0 Å². The maximum Gasteiger partial charge on any atom is 0.263 e. The number of aromatic nitrogens is 1. The third-order valence-electron chi connectivity index (χ3n) is 3.18. The molecule has 0 radical (unpaired) electrons. The monoisotopic (exact) mass is 247 g/mol. The van der Waals surface area contributed by atoms with E-state index in [0.717, 1.165) is 23.1 Å². The summed E-state index contributed by atoms with van der Waals surface area (Å²) in [6, 6.07) is 2.10. The average Bonchev–Trinajstić information content (AvgIpc) is 2.91. The van der Waals surface area contributed by atoms with Gasteiger partial charge in [0.2, 0.25) is 0 Å². The zero-order valence-corrected chi connectivity index (χ0v) is 10.4. The zero-order chi connectivity index (χ0) is 12.0. The first kappa shape index (κ1) is 10.5. The van der Waals surface area contributed by atoms with Crippen LogP contribution in [0.5, 0.6) is 0 Å². The van der Waals surface area contributed by atoms with E-state index in [1.54, 1.807) is 7.05 Å². The highest BCUT2D eigenvalue weighted by Gasteiger charge is 2.20. The lowest BCUT2D eigenvalue weighted by Crippen LogP contribution is -2.17. The van der Waals surface area contributed by atoms with Crippen molar-refractivity contribution in [1.29, 1.82) is 0 Å². The van der Waals surface area contributed by atoms with Gasteiger partial charge in [-0.1, -0.05) is 0 Å². The third kappa shape index (κ3) is 1.50. The fraction of sp³-hybridized carbons (Fsp3) is 0.333. The van der Waals surface area contributed by atoms with Gasteiger partial charge in [0.05, 0.1) is 5.69 Å². The highest BCUT2D eigenvalue weighted by Crippen LogP contribution is 2.35. The number of hydrogen-bond donors (Lipinski definition) is 2. The lowest BCUT2D eigenvalue weighted by Gasteiger charge is -1.99. The molecule has 0 aliphatic heterocycles. The number of hydrogen-bond acceptors (Lipinski definition) is 4. The molecule has 5 heteroatoms. The number of nitrogen functional groups attached to an aromatic ring is 1. The van der Waals surface area contributed by atoms with Crippen LogP contribution in [0.15, 0.2) is 6.07 Å². The number of nitrogens with one attached hydrogen (secondary N) is 1. The number of rotatable bonds is 1. The predicted octanol–water partition coefficient (Wildman–Crippen LogP) is 1.73. The minimum Gasteiger partial charge on any atom is -0.397 e. The Labute approximate surface area is 103 Å². The number of fused-ring (bicyclic) bond motifs is 2. The number of aryl methyl sites for hydroxylation is 2. The Morgan fingerprint density at radius 2 is 2.35 bits per heavy atom. The van der Waals surface area contributed by atoms with Gasteiger partial charge in [-0.2, -0.15) is 0 Å². The molecule has 88 valence electrons. The average molecular weight is 247 g/mol. The summed E-state index contributed by atoms with van der Waals surface area (Å²) in [6.07, 6.45) is 3.28. The molecule has 17 heavy (non-hydrogen) atoms. The molecule has 0 bridgehead atoms. The summed E-state index contributed by atoms with van der Waals surface area (Å²) in [6.45, 7) is 0. The van der Waals surface area contributed by atoms with Crippen LogP contribution in [-0.2, 0) is 12.8 Å². The number of thiophene rings is 1. The van der Waals surface area contributed by atoms with Gasteiger partial charge in [0, 0.05) is 18.1 Å². The van der Waals surface area contributed by atoms with Gasteiger partial charge in [0.15, 0.2) is 0 Å². The Hall–Kier alpha value is -1.62. The third-order valence-corrected chi connectivity index (χ3v) is 4.30. The summed E-state index contributed by atoms with van der Waals surface area (Å²) < 4.78 is 0. The minimum absolute atomic E-state index is 0.134. The lowest BCUT2D eigenvalue weighted by molar-refractivity contribution is 0.0968. The SMILES string of the molecule is CNC(=O)c1sc2nc3c(cc2c1N)CCC3. The van der Waals surface area contributed by atoms with Crippen LogP contribution in [0.25, 0.3) is 10.2 Å². The van der Waals surface area contributed by atoms with Crippen molar-refractivity contribution in [3.63, 3.8) is 0 Å². The van der Waals surface area contributed by atoms with Crippen molar-refractivity contribution in [3.8, 4) is 0 Å². The molecule has 0 aromatic carbocycles. The second kappa shape index (κ2) is 3.70. The van der Waals surface area contributed by atoms with Gasteiger partial charge in [-0.3, -0.25) is 4.79 Å². The first-order valence-corrected chi connectivity index (χ1v) is 6.45. The summed E-state index contributed by atoms with van der Waals surface area (Å²) in [7, 11) is 1.61. The van der Waals surface area contributed by atoms with Crippen molar-refractivity contribution in [3.05, 3.63) is 22.2 Å². The molecule has 0 atom stereocenters. The van der Waals surface area contributed by atoms with Crippen LogP contribution in [-0.4, -0.2) is 17.9 Å². The van der Waals surface area contributed by atoms with Crippen LogP contribution in [0, 0.1) is 0 Å². The van der Waals surface area contributed by atoms with Crippen molar-refractivity contribution in [1.82, 2.24) is 10.3 Å². The van der Waals surface area contributed by atoms with Gasteiger partial charge in [-0.05, 0) is 30.9 Å². The summed E-state index contributed by atoms with van der Waals surface area (Å²) in [5, 5.41) is 3.53. The van der Waals surface area contributed by atoms with Gasteiger partial charge >= 0.3 is 0 Å². The van der Waals surface area contributed by atoms with Gasteiger partial charge in [-0.15, -0.1) is 11.3 Å². The summed E-state index contributed by atoms with van der Waals surface area (Å²) in [4.78, 5) is 17.7. The predicted molar refractivity (Wildman–Crippen MR) is 69.4 cm³/mol. The quantitative estimate of drug-likeness (QED) is 0.806.